The lowest BCUT2D eigenvalue weighted by Crippen LogP contribution is -2.32. The quantitative estimate of drug-likeness (QED) is 0.106. The Kier molecular flexibility index (Phi) is 24.7. The standard InChI is InChI=1S/C15H24N4O.C5H15N3.C5H12N2/c1-12(19(6-4-17)7-5-18)15-9-13(2-3-16)8-14(10-15)11-20;1-8(4-2-6)5-3-7;1-2-7-5-3-4-6/h8-11H,1-7,16-18H2;2-7H2,1H3;2,7H,1,3-6H2. The first-order valence-electron chi connectivity index (χ1n) is 12.1. The van der Waals surface area contributed by atoms with Crippen LogP contribution in [0.1, 0.15) is 27.9 Å². The summed E-state index contributed by atoms with van der Waals surface area (Å²) < 4.78 is 0. The van der Waals surface area contributed by atoms with Gasteiger partial charge in [0.05, 0.1) is 0 Å². The molecule has 1 rings (SSSR count). The second kappa shape index (κ2) is 24.8. The molecule has 0 saturated carbocycles. The summed E-state index contributed by atoms with van der Waals surface area (Å²) in [6.07, 6.45) is 4.27. The molecule has 0 heterocycles. The first-order valence-corrected chi connectivity index (χ1v) is 12.1. The van der Waals surface area contributed by atoms with E-state index in [-0.39, 0.29) is 0 Å². The van der Waals surface area contributed by atoms with Gasteiger partial charge in [-0.15, -0.1) is 0 Å². The Morgan fingerprint density at radius 2 is 1.46 bits per heavy atom. The van der Waals surface area contributed by atoms with Crippen LogP contribution in [0.5, 0.6) is 0 Å². The van der Waals surface area contributed by atoms with Crippen molar-refractivity contribution in [1.82, 2.24) is 15.1 Å². The van der Waals surface area contributed by atoms with Crippen molar-refractivity contribution >= 4 is 12.0 Å². The van der Waals surface area contributed by atoms with E-state index in [0.717, 1.165) is 75.2 Å². The SMILES string of the molecule is C=C(c1cc(C=O)cc(CCN)c1)N(CCN)CCN.C=CNCCCN.CN(CCN)CCN. The van der Waals surface area contributed by atoms with E-state index in [1.807, 2.05) is 30.1 Å². The third kappa shape index (κ3) is 18.7. The Hall–Kier alpha value is -2.31. The fourth-order valence-corrected chi connectivity index (χ4v) is 3.00. The molecule has 0 saturated heterocycles. The molecule has 0 radical (unpaired) electrons. The maximum absolute atomic E-state index is 11.0. The second-order valence-electron chi connectivity index (χ2n) is 7.81. The first kappa shape index (κ1) is 34.9. The average Bonchev–Trinajstić information content (AvgIpc) is 2.85. The Morgan fingerprint density at radius 3 is 1.89 bits per heavy atom. The monoisotopic (exact) mass is 493 g/mol. The van der Waals surface area contributed by atoms with Gasteiger partial charge < -0.3 is 49.5 Å². The Balaban J connectivity index is 0. The lowest BCUT2D eigenvalue weighted by Gasteiger charge is -2.26. The van der Waals surface area contributed by atoms with E-state index < -0.39 is 0 Å². The number of hydrogen-bond donors (Lipinski definition) is 7. The van der Waals surface area contributed by atoms with Crippen molar-refractivity contribution < 1.29 is 4.79 Å². The van der Waals surface area contributed by atoms with Crippen molar-refractivity contribution in [3.05, 3.63) is 54.2 Å². The topological polar surface area (TPSA) is 192 Å². The molecule has 0 aliphatic rings. The van der Waals surface area contributed by atoms with E-state index >= 15 is 0 Å². The average molecular weight is 494 g/mol. The van der Waals surface area contributed by atoms with Gasteiger partial charge in [-0.1, -0.05) is 13.2 Å². The van der Waals surface area contributed by atoms with Crippen LogP contribution < -0.4 is 39.7 Å². The molecule has 10 heteroatoms. The second-order valence-corrected chi connectivity index (χ2v) is 7.81. The van der Waals surface area contributed by atoms with E-state index in [4.69, 9.17) is 34.4 Å². The third-order valence-corrected chi connectivity index (χ3v) is 4.79. The van der Waals surface area contributed by atoms with Gasteiger partial charge in [-0.2, -0.15) is 0 Å². The Bertz CT molecular complexity index is 658. The van der Waals surface area contributed by atoms with Gasteiger partial charge in [-0.05, 0) is 68.5 Å². The molecule has 1 aromatic rings. The van der Waals surface area contributed by atoms with Crippen LogP contribution in [0.4, 0.5) is 0 Å². The number of aldehydes is 1. The zero-order chi connectivity index (χ0) is 26.9. The minimum absolute atomic E-state index is 0.530. The van der Waals surface area contributed by atoms with Gasteiger partial charge in [0.25, 0.3) is 0 Å². The molecule has 35 heavy (non-hydrogen) atoms. The summed E-state index contributed by atoms with van der Waals surface area (Å²) in [5, 5.41) is 2.93. The molecule has 13 N–H and O–H groups in total. The number of hydrogen-bond acceptors (Lipinski definition) is 10. The zero-order valence-electron chi connectivity index (χ0n) is 21.8. The molecule has 0 unspecified atom stereocenters. The van der Waals surface area contributed by atoms with Crippen LogP contribution in [0, 0.1) is 0 Å². The van der Waals surface area contributed by atoms with E-state index in [0.29, 0.717) is 38.3 Å². The molecular weight excluding hydrogens is 442 g/mol. The van der Waals surface area contributed by atoms with Gasteiger partial charge in [-0.3, -0.25) is 4.79 Å². The maximum Gasteiger partial charge on any atom is 0.150 e. The van der Waals surface area contributed by atoms with Gasteiger partial charge in [0.1, 0.15) is 6.29 Å². The summed E-state index contributed by atoms with van der Waals surface area (Å²) in [5.74, 6) is 0. The molecule has 0 atom stereocenters. The van der Waals surface area contributed by atoms with Gasteiger partial charge in [0.2, 0.25) is 0 Å². The third-order valence-electron chi connectivity index (χ3n) is 4.79. The van der Waals surface area contributed by atoms with Crippen LogP contribution in [0.25, 0.3) is 5.70 Å². The summed E-state index contributed by atoms with van der Waals surface area (Å²) in [4.78, 5) is 15.2. The smallest absolute Gasteiger partial charge is 0.150 e. The van der Waals surface area contributed by atoms with Crippen LogP contribution in [-0.4, -0.2) is 95.1 Å². The molecule has 0 spiro atoms. The summed E-state index contributed by atoms with van der Waals surface area (Å²) in [7, 11) is 2.01. The van der Waals surface area contributed by atoms with Gasteiger partial charge in [0, 0.05) is 70.2 Å². The van der Waals surface area contributed by atoms with Crippen LogP contribution >= 0.6 is 0 Å². The number of nitrogens with one attached hydrogen (secondary N) is 1. The van der Waals surface area contributed by atoms with E-state index in [2.05, 4.69) is 23.4 Å². The van der Waals surface area contributed by atoms with Crippen LogP contribution in [0.15, 0.2) is 37.6 Å². The van der Waals surface area contributed by atoms with E-state index in [1.54, 1.807) is 6.20 Å². The van der Waals surface area contributed by atoms with Crippen LogP contribution in [-0.2, 0) is 6.42 Å². The van der Waals surface area contributed by atoms with Crippen molar-refractivity contribution in [3.8, 4) is 0 Å². The largest absolute Gasteiger partial charge is 0.391 e. The minimum atomic E-state index is 0.530. The number of rotatable bonds is 17. The van der Waals surface area contributed by atoms with Crippen LogP contribution in [0.3, 0.4) is 0 Å². The predicted molar refractivity (Wildman–Crippen MR) is 151 cm³/mol. The molecule has 202 valence electrons. The molecule has 10 nitrogen and oxygen atoms in total. The van der Waals surface area contributed by atoms with Gasteiger partial charge in [-0.25, -0.2) is 0 Å². The molecule has 0 fully saturated rings. The Morgan fingerprint density at radius 1 is 0.886 bits per heavy atom. The number of nitrogens with two attached hydrogens (primary N) is 6. The highest BCUT2D eigenvalue weighted by atomic mass is 16.1. The first-order chi connectivity index (χ1) is 16.9. The molecule has 0 aliphatic carbocycles. The highest BCUT2D eigenvalue weighted by Gasteiger charge is 2.10. The normalized spacial score (nSPS) is 9.94. The number of benzene rings is 1. The number of carbonyl (C=O) groups is 1. The highest BCUT2D eigenvalue weighted by Crippen LogP contribution is 2.20. The number of nitrogens with zero attached hydrogens (tertiary/aromatic N) is 2. The van der Waals surface area contributed by atoms with Crippen molar-refractivity contribution in [3.63, 3.8) is 0 Å². The highest BCUT2D eigenvalue weighted by molar-refractivity contribution is 5.78. The molecular formula is C25H51N9O. The molecule has 0 aromatic heterocycles. The fraction of sp³-hybridized carbons (Fsp3) is 0.560. The predicted octanol–water partition coefficient (Wildman–Crippen LogP) is -0.906. The number of carbonyl (C=O) groups excluding carboxylic acids is 1. The van der Waals surface area contributed by atoms with Crippen LogP contribution in [0.2, 0.25) is 0 Å². The van der Waals surface area contributed by atoms with E-state index in [1.165, 1.54) is 0 Å². The zero-order valence-corrected chi connectivity index (χ0v) is 21.8. The van der Waals surface area contributed by atoms with E-state index in [9.17, 15) is 4.79 Å². The summed E-state index contributed by atoms with van der Waals surface area (Å²) in [5.41, 5.74) is 36.0. The van der Waals surface area contributed by atoms with Crippen molar-refractivity contribution in [2.75, 3.05) is 79.0 Å². The minimum Gasteiger partial charge on any atom is -0.391 e. The molecule has 0 bridgehead atoms. The van der Waals surface area contributed by atoms with Crippen molar-refractivity contribution in [2.24, 2.45) is 34.4 Å². The molecule has 1 aromatic carbocycles. The fourth-order valence-electron chi connectivity index (χ4n) is 3.00. The lowest BCUT2D eigenvalue weighted by molar-refractivity contribution is 0.112. The number of likely N-dealkylation sites (N-methyl/N-ethyl adjacent to an activating group) is 1. The Labute approximate surface area is 212 Å². The summed E-state index contributed by atoms with van der Waals surface area (Å²) in [6, 6.07) is 5.70. The van der Waals surface area contributed by atoms with Gasteiger partial charge >= 0.3 is 0 Å². The van der Waals surface area contributed by atoms with Crippen molar-refractivity contribution in [1.29, 1.82) is 0 Å². The summed E-state index contributed by atoms with van der Waals surface area (Å²) >= 11 is 0. The maximum atomic E-state index is 11.0. The summed E-state index contributed by atoms with van der Waals surface area (Å²) in [6.45, 7) is 15.6. The van der Waals surface area contributed by atoms with Crippen molar-refractivity contribution in [2.45, 2.75) is 12.8 Å². The molecule has 0 aliphatic heterocycles. The molecule has 0 amide bonds. The lowest BCUT2D eigenvalue weighted by atomic mass is 10.0. The van der Waals surface area contributed by atoms with Gasteiger partial charge in [0.15, 0.2) is 0 Å².